The zero-order valence-electron chi connectivity index (χ0n) is 14.6. The number of carbonyl (C=O) groups is 1. The van der Waals surface area contributed by atoms with Crippen LogP contribution in [0.1, 0.15) is 10.4 Å². The fourth-order valence-electron chi connectivity index (χ4n) is 1.91. The zero-order chi connectivity index (χ0) is 17.6. The molecule has 0 N–H and O–H groups in total. The average Bonchev–Trinajstić information content (AvgIpc) is 2.98. The van der Waals surface area contributed by atoms with Crippen molar-refractivity contribution in [3.63, 3.8) is 0 Å². The number of hydrogen-bond donors (Lipinski definition) is 0. The second-order valence-corrected chi connectivity index (χ2v) is 13.4. The van der Waals surface area contributed by atoms with Crippen LogP contribution in [0.15, 0.2) is 46.7 Å². The van der Waals surface area contributed by atoms with E-state index in [2.05, 4.69) is 24.6 Å². The van der Waals surface area contributed by atoms with E-state index in [4.69, 9.17) is 9.47 Å². The van der Waals surface area contributed by atoms with E-state index in [1.54, 1.807) is 30.2 Å². The molecule has 0 unspecified atom stereocenters. The van der Waals surface area contributed by atoms with Crippen LogP contribution in [0.2, 0.25) is 25.7 Å². The molecule has 2 rings (SSSR count). The van der Waals surface area contributed by atoms with Gasteiger partial charge in [0.1, 0.15) is 11.8 Å². The minimum absolute atomic E-state index is 0.328. The summed E-state index contributed by atoms with van der Waals surface area (Å²) in [4.78, 5) is 16.8. The highest BCUT2D eigenvalue weighted by atomic mass is 32.2. The molecule has 0 bridgehead atoms. The molecule has 0 saturated heterocycles. The molecule has 2 aromatic rings. The second-order valence-electron chi connectivity index (χ2n) is 6.69. The molecule has 7 heteroatoms. The molecule has 1 heterocycles. The smallest absolute Gasteiger partial charge is 0.337 e. The first-order valence-electron chi connectivity index (χ1n) is 7.83. The number of methoxy groups -OCH3 is 1. The normalized spacial score (nSPS) is 11.5. The van der Waals surface area contributed by atoms with Gasteiger partial charge in [-0.2, -0.15) is 0 Å². The van der Waals surface area contributed by atoms with Gasteiger partial charge in [0.2, 0.25) is 0 Å². The molecule has 0 atom stereocenters. The van der Waals surface area contributed by atoms with Crippen molar-refractivity contribution in [2.45, 2.75) is 42.3 Å². The fourth-order valence-corrected chi connectivity index (χ4v) is 3.47. The Morgan fingerprint density at radius 3 is 2.58 bits per heavy atom. The summed E-state index contributed by atoms with van der Waals surface area (Å²) in [6.45, 7) is 8.35. The van der Waals surface area contributed by atoms with Gasteiger partial charge >= 0.3 is 5.97 Å². The summed E-state index contributed by atoms with van der Waals surface area (Å²) in [6.07, 6.45) is 3.74. The van der Waals surface area contributed by atoms with Gasteiger partial charge in [-0.1, -0.05) is 31.4 Å². The number of nitrogens with zero attached hydrogens (tertiary/aromatic N) is 2. The zero-order valence-corrected chi connectivity index (χ0v) is 16.4. The summed E-state index contributed by atoms with van der Waals surface area (Å²) in [5.74, 6) is -0.328. The molecule has 0 aliphatic heterocycles. The number of rotatable bonds is 8. The van der Waals surface area contributed by atoms with Gasteiger partial charge in [-0.15, -0.1) is 0 Å². The third-order valence-electron chi connectivity index (χ3n) is 3.34. The Bertz CT molecular complexity index is 665. The number of benzene rings is 1. The van der Waals surface area contributed by atoms with Gasteiger partial charge in [-0.25, -0.2) is 9.78 Å². The van der Waals surface area contributed by atoms with Gasteiger partial charge in [0.25, 0.3) is 0 Å². The van der Waals surface area contributed by atoms with Crippen molar-refractivity contribution in [3.8, 4) is 0 Å². The Balaban J connectivity index is 1.84. The largest absolute Gasteiger partial charge is 0.465 e. The van der Waals surface area contributed by atoms with Crippen molar-refractivity contribution in [2.75, 3.05) is 13.7 Å². The summed E-state index contributed by atoms with van der Waals surface area (Å²) in [5, 5.41) is 0.898. The molecular formula is C17H24N2O3SSi. The molecule has 130 valence electrons. The van der Waals surface area contributed by atoms with E-state index in [0.717, 1.165) is 22.6 Å². The minimum atomic E-state index is -1.04. The first-order chi connectivity index (χ1) is 11.4. The average molecular weight is 365 g/mol. The third-order valence-corrected chi connectivity index (χ3v) is 5.98. The summed E-state index contributed by atoms with van der Waals surface area (Å²) in [5.41, 5.74) is 0.545. The number of ether oxygens (including phenoxy) is 2. The van der Waals surface area contributed by atoms with Crippen LogP contribution >= 0.6 is 11.8 Å². The van der Waals surface area contributed by atoms with Crippen LogP contribution < -0.4 is 0 Å². The highest BCUT2D eigenvalue weighted by molar-refractivity contribution is 7.99. The second kappa shape index (κ2) is 8.50. The molecule has 0 spiro atoms. The van der Waals surface area contributed by atoms with Gasteiger partial charge in [0.15, 0.2) is 0 Å². The standard InChI is InChI=1S/C17H24N2O3SSi/c1-21-17(20)14-5-7-15(8-6-14)23-16-11-19(12-18-16)13-22-9-10-24(2,3)4/h5-8,11-12H,9-10,13H2,1-4H3. The van der Waals surface area contributed by atoms with Gasteiger partial charge in [0.05, 0.1) is 19.0 Å². The Hall–Kier alpha value is -1.57. The van der Waals surface area contributed by atoms with Gasteiger partial charge in [0, 0.05) is 25.8 Å². The van der Waals surface area contributed by atoms with Crippen LogP contribution in [-0.4, -0.2) is 37.3 Å². The molecule has 0 fully saturated rings. The molecule has 0 aliphatic carbocycles. The van der Waals surface area contributed by atoms with Crippen LogP contribution in [-0.2, 0) is 16.2 Å². The van der Waals surface area contributed by atoms with Crippen molar-refractivity contribution in [2.24, 2.45) is 0 Å². The highest BCUT2D eigenvalue weighted by Crippen LogP contribution is 2.26. The maximum Gasteiger partial charge on any atom is 0.337 e. The maximum absolute atomic E-state index is 11.4. The maximum atomic E-state index is 11.4. The van der Waals surface area contributed by atoms with E-state index in [1.165, 1.54) is 7.11 Å². The van der Waals surface area contributed by atoms with E-state index in [9.17, 15) is 4.79 Å². The molecule has 0 radical (unpaired) electrons. The Kier molecular flexibility index (Phi) is 6.65. The number of carbonyl (C=O) groups excluding carboxylic acids is 1. The highest BCUT2D eigenvalue weighted by Gasteiger charge is 2.12. The minimum Gasteiger partial charge on any atom is -0.465 e. The van der Waals surface area contributed by atoms with Crippen LogP contribution in [0, 0.1) is 0 Å². The van der Waals surface area contributed by atoms with E-state index in [-0.39, 0.29) is 5.97 Å². The van der Waals surface area contributed by atoms with E-state index in [1.807, 2.05) is 22.9 Å². The number of hydrogen-bond acceptors (Lipinski definition) is 5. The van der Waals surface area contributed by atoms with Crippen LogP contribution in [0.3, 0.4) is 0 Å². The summed E-state index contributed by atoms with van der Waals surface area (Å²) in [6, 6.07) is 8.45. The summed E-state index contributed by atoms with van der Waals surface area (Å²) in [7, 11) is 0.335. The monoisotopic (exact) mass is 364 g/mol. The SMILES string of the molecule is COC(=O)c1ccc(Sc2cn(COCC[Si](C)(C)C)cn2)cc1. The van der Waals surface area contributed by atoms with Crippen LogP contribution in [0.5, 0.6) is 0 Å². The predicted octanol–water partition coefficient (Wildman–Crippen LogP) is 4.13. The van der Waals surface area contributed by atoms with E-state index < -0.39 is 8.07 Å². The molecule has 0 amide bonds. The lowest BCUT2D eigenvalue weighted by Crippen LogP contribution is -2.21. The van der Waals surface area contributed by atoms with Crippen LogP contribution in [0.25, 0.3) is 0 Å². The van der Waals surface area contributed by atoms with Gasteiger partial charge in [-0.05, 0) is 30.3 Å². The predicted molar refractivity (Wildman–Crippen MR) is 98.2 cm³/mol. The van der Waals surface area contributed by atoms with E-state index >= 15 is 0 Å². The van der Waals surface area contributed by atoms with Crippen molar-refractivity contribution < 1.29 is 14.3 Å². The van der Waals surface area contributed by atoms with Crippen molar-refractivity contribution in [1.82, 2.24) is 9.55 Å². The van der Waals surface area contributed by atoms with E-state index in [0.29, 0.717) is 12.3 Å². The van der Waals surface area contributed by atoms with Gasteiger partial charge < -0.3 is 14.0 Å². The molecule has 1 aromatic carbocycles. The topological polar surface area (TPSA) is 53.4 Å². The third kappa shape index (κ3) is 6.14. The summed E-state index contributed by atoms with van der Waals surface area (Å²) >= 11 is 1.55. The quantitative estimate of drug-likeness (QED) is 0.400. The van der Waals surface area contributed by atoms with Crippen molar-refractivity contribution >= 4 is 25.8 Å². The first-order valence-corrected chi connectivity index (χ1v) is 12.4. The Labute approximate surface area is 148 Å². The van der Waals surface area contributed by atoms with Gasteiger partial charge in [-0.3, -0.25) is 0 Å². The van der Waals surface area contributed by atoms with Crippen molar-refractivity contribution in [3.05, 3.63) is 42.4 Å². The lowest BCUT2D eigenvalue weighted by molar-refractivity contribution is 0.0600. The van der Waals surface area contributed by atoms with Crippen molar-refractivity contribution in [1.29, 1.82) is 0 Å². The fraction of sp³-hybridized carbons (Fsp3) is 0.412. The molecule has 1 aromatic heterocycles. The Morgan fingerprint density at radius 2 is 1.96 bits per heavy atom. The molecule has 0 aliphatic rings. The number of aromatic nitrogens is 2. The van der Waals surface area contributed by atoms with Crippen LogP contribution in [0.4, 0.5) is 0 Å². The Morgan fingerprint density at radius 1 is 1.25 bits per heavy atom. The lowest BCUT2D eigenvalue weighted by atomic mass is 10.2. The summed E-state index contributed by atoms with van der Waals surface area (Å²) < 4.78 is 12.3. The number of imidazole rings is 1. The number of esters is 1. The molecule has 0 saturated carbocycles. The molecule has 5 nitrogen and oxygen atoms in total. The molecule has 24 heavy (non-hydrogen) atoms. The lowest BCUT2D eigenvalue weighted by Gasteiger charge is -2.15. The first kappa shape index (κ1) is 18.8. The molecular weight excluding hydrogens is 340 g/mol.